The van der Waals surface area contributed by atoms with Crippen molar-refractivity contribution in [1.82, 2.24) is 19.4 Å². The van der Waals surface area contributed by atoms with Crippen LogP contribution in [0.2, 0.25) is 5.02 Å². The molecule has 134 valence electrons. The average molecular weight is 372 g/mol. The van der Waals surface area contributed by atoms with E-state index in [1.54, 1.807) is 23.5 Å². The van der Waals surface area contributed by atoms with Gasteiger partial charge in [-0.1, -0.05) is 17.7 Å². The highest BCUT2D eigenvalue weighted by Gasteiger charge is 2.23. The van der Waals surface area contributed by atoms with Gasteiger partial charge in [0.25, 0.3) is 5.91 Å². The van der Waals surface area contributed by atoms with Crippen molar-refractivity contribution in [3.8, 4) is 0 Å². The van der Waals surface area contributed by atoms with E-state index in [4.69, 9.17) is 16.3 Å². The zero-order valence-electron chi connectivity index (χ0n) is 14.3. The van der Waals surface area contributed by atoms with Crippen molar-refractivity contribution in [3.05, 3.63) is 47.4 Å². The van der Waals surface area contributed by atoms with E-state index in [9.17, 15) is 4.79 Å². The molecular formula is C18H18ClN5O2. The Labute approximate surface area is 155 Å². The van der Waals surface area contributed by atoms with Crippen LogP contribution in [0.25, 0.3) is 11.0 Å². The minimum atomic E-state index is -0.0521. The lowest BCUT2D eigenvalue weighted by Gasteiger charge is -2.27. The van der Waals surface area contributed by atoms with Gasteiger partial charge in [0.1, 0.15) is 5.52 Å². The molecule has 0 unspecified atom stereocenters. The number of carbonyl (C=O) groups excluding carboxylic acids is 1. The van der Waals surface area contributed by atoms with Crippen LogP contribution < -0.4 is 5.32 Å². The van der Waals surface area contributed by atoms with E-state index in [-0.39, 0.29) is 5.91 Å². The van der Waals surface area contributed by atoms with Crippen LogP contribution in [0.4, 0.5) is 11.5 Å². The first-order valence-corrected chi connectivity index (χ1v) is 8.71. The quantitative estimate of drug-likeness (QED) is 0.766. The van der Waals surface area contributed by atoms with Crippen molar-refractivity contribution in [2.45, 2.75) is 0 Å². The van der Waals surface area contributed by atoms with Crippen molar-refractivity contribution in [2.24, 2.45) is 7.05 Å². The van der Waals surface area contributed by atoms with Gasteiger partial charge in [-0.3, -0.25) is 4.79 Å². The van der Waals surface area contributed by atoms with Crippen LogP contribution in [0.5, 0.6) is 0 Å². The van der Waals surface area contributed by atoms with E-state index >= 15 is 0 Å². The monoisotopic (exact) mass is 371 g/mol. The molecule has 1 aliphatic heterocycles. The summed E-state index contributed by atoms with van der Waals surface area (Å²) in [6.45, 7) is 2.28. The molecule has 1 amide bonds. The Kier molecular flexibility index (Phi) is 4.48. The van der Waals surface area contributed by atoms with Gasteiger partial charge in [0.05, 0.1) is 30.6 Å². The number of pyridine rings is 1. The van der Waals surface area contributed by atoms with Gasteiger partial charge in [-0.15, -0.1) is 0 Å². The minimum Gasteiger partial charge on any atom is -0.378 e. The number of aryl methyl sites for hydroxylation is 1. The third kappa shape index (κ3) is 3.11. The summed E-state index contributed by atoms with van der Waals surface area (Å²) in [6, 6.07) is 7.37. The Morgan fingerprint density at radius 2 is 2.08 bits per heavy atom. The molecule has 1 fully saturated rings. The molecule has 8 heteroatoms. The second-order valence-corrected chi connectivity index (χ2v) is 6.55. The van der Waals surface area contributed by atoms with E-state index in [2.05, 4.69) is 15.3 Å². The number of nitrogens with zero attached hydrogens (tertiary/aromatic N) is 4. The molecule has 7 nitrogen and oxygen atoms in total. The van der Waals surface area contributed by atoms with Gasteiger partial charge in [0.2, 0.25) is 0 Å². The van der Waals surface area contributed by atoms with E-state index in [0.29, 0.717) is 48.2 Å². The number of carbonyl (C=O) groups is 1. The third-order valence-electron chi connectivity index (χ3n) is 4.36. The lowest BCUT2D eigenvalue weighted by Crippen LogP contribution is -2.40. The molecule has 3 heterocycles. The Balaban J connectivity index is 1.73. The van der Waals surface area contributed by atoms with Gasteiger partial charge in [0.15, 0.2) is 5.82 Å². The summed E-state index contributed by atoms with van der Waals surface area (Å²) < 4.78 is 7.17. The highest BCUT2D eigenvalue weighted by atomic mass is 35.5. The van der Waals surface area contributed by atoms with E-state index in [1.807, 2.05) is 29.8 Å². The van der Waals surface area contributed by atoms with Crippen LogP contribution in [0, 0.1) is 0 Å². The van der Waals surface area contributed by atoms with Gasteiger partial charge >= 0.3 is 0 Å². The third-order valence-corrected chi connectivity index (χ3v) is 4.59. The molecule has 1 aromatic carbocycles. The molecule has 0 atom stereocenters. The smallest absolute Gasteiger partial charge is 0.257 e. The number of imidazole rings is 1. The SMILES string of the molecule is Cn1cnc2c(Nc3cccc(Cl)c3)ncc(C(=O)N3CCOCC3)c21. The molecule has 0 bridgehead atoms. The standard InChI is InChI=1S/C18H18ClN5O2/c1-23-11-21-15-16(23)14(18(25)24-5-7-26-8-6-24)10-20-17(15)22-13-4-2-3-12(19)9-13/h2-4,9-11H,5-8H2,1H3,(H,20,22). The molecule has 0 saturated carbocycles. The van der Waals surface area contributed by atoms with Gasteiger partial charge in [-0.05, 0) is 18.2 Å². The molecule has 1 aliphatic rings. The normalized spacial score (nSPS) is 14.6. The number of morpholine rings is 1. The fourth-order valence-electron chi connectivity index (χ4n) is 3.06. The molecule has 1 N–H and O–H groups in total. The maximum atomic E-state index is 12.9. The molecular weight excluding hydrogens is 354 g/mol. The summed E-state index contributed by atoms with van der Waals surface area (Å²) in [4.78, 5) is 23.6. The second kappa shape index (κ2) is 6.93. The highest BCUT2D eigenvalue weighted by Crippen LogP contribution is 2.27. The van der Waals surface area contributed by atoms with E-state index in [0.717, 1.165) is 11.2 Å². The summed E-state index contributed by atoms with van der Waals surface area (Å²) in [5.74, 6) is 0.532. The Hall–Kier alpha value is -2.64. The Bertz CT molecular complexity index is 965. The number of fused-ring (bicyclic) bond motifs is 1. The number of amides is 1. The first-order valence-electron chi connectivity index (χ1n) is 8.33. The maximum Gasteiger partial charge on any atom is 0.257 e. The number of halogens is 1. The van der Waals surface area contributed by atoms with Crippen LogP contribution >= 0.6 is 11.6 Å². The van der Waals surface area contributed by atoms with Crippen molar-refractivity contribution < 1.29 is 9.53 Å². The number of aromatic nitrogens is 3. The van der Waals surface area contributed by atoms with Crippen LogP contribution in [0.1, 0.15) is 10.4 Å². The zero-order chi connectivity index (χ0) is 18.1. The molecule has 3 aromatic rings. The molecule has 1 saturated heterocycles. The molecule has 0 radical (unpaired) electrons. The Morgan fingerprint density at radius 1 is 1.27 bits per heavy atom. The first kappa shape index (κ1) is 16.8. The van der Waals surface area contributed by atoms with Crippen LogP contribution in [0.15, 0.2) is 36.8 Å². The number of anilines is 2. The average Bonchev–Trinajstić information content (AvgIpc) is 3.05. The minimum absolute atomic E-state index is 0.0521. The molecule has 2 aromatic heterocycles. The summed E-state index contributed by atoms with van der Waals surface area (Å²) in [7, 11) is 1.87. The Morgan fingerprint density at radius 3 is 2.85 bits per heavy atom. The summed E-state index contributed by atoms with van der Waals surface area (Å²) in [5.41, 5.74) is 2.75. The number of benzene rings is 1. The topological polar surface area (TPSA) is 72.3 Å². The van der Waals surface area contributed by atoms with E-state index < -0.39 is 0 Å². The predicted molar refractivity (Wildman–Crippen MR) is 100.0 cm³/mol. The number of rotatable bonds is 3. The highest BCUT2D eigenvalue weighted by molar-refractivity contribution is 6.30. The fraction of sp³-hybridized carbons (Fsp3) is 0.278. The van der Waals surface area contributed by atoms with Crippen molar-refractivity contribution in [2.75, 3.05) is 31.6 Å². The summed E-state index contributed by atoms with van der Waals surface area (Å²) >= 11 is 6.05. The number of hydrogen-bond donors (Lipinski definition) is 1. The number of hydrogen-bond acceptors (Lipinski definition) is 5. The van der Waals surface area contributed by atoms with Gasteiger partial charge in [-0.2, -0.15) is 0 Å². The summed E-state index contributed by atoms with van der Waals surface area (Å²) in [5, 5.41) is 3.86. The van der Waals surface area contributed by atoms with Gasteiger partial charge < -0.3 is 19.5 Å². The zero-order valence-corrected chi connectivity index (χ0v) is 15.0. The first-order chi connectivity index (χ1) is 12.6. The molecule has 26 heavy (non-hydrogen) atoms. The lowest BCUT2D eigenvalue weighted by molar-refractivity contribution is 0.0303. The number of ether oxygens (including phenoxy) is 1. The number of nitrogens with one attached hydrogen (secondary N) is 1. The molecule has 0 spiro atoms. The molecule has 0 aliphatic carbocycles. The van der Waals surface area contributed by atoms with Gasteiger partial charge in [0, 0.05) is 37.0 Å². The van der Waals surface area contributed by atoms with Crippen LogP contribution in [-0.4, -0.2) is 51.6 Å². The molecule has 4 rings (SSSR count). The maximum absolute atomic E-state index is 12.9. The fourth-order valence-corrected chi connectivity index (χ4v) is 3.25. The summed E-state index contributed by atoms with van der Waals surface area (Å²) in [6.07, 6.45) is 3.29. The lowest BCUT2D eigenvalue weighted by atomic mass is 10.2. The second-order valence-electron chi connectivity index (χ2n) is 6.11. The van der Waals surface area contributed by atoms with E-state index in [1.165, 1.54) is 0 Å². The van der Waals surface area contributed by atoms with Crippen molar-refractivity contribution in [1.29, 1.82) is 0 Å². The largest absolute Gasteiger partial charge is 0.378 e. The van der Waals surface area contributed by atoms with Gasteiger partial charge in [-0.25, -0.2) is 9.97 Å². The van der Waals surface area contributed by atoms with Crippen LogP contribution in [-0.2, 0) is 11.8 Å². The van der Waals surface area contributed by atoms with Crippen molar-refractivity contribution >= 4 is 40.0 Å². The van der Waals surface area contributed by atoms with Crippen LogP contribution in [0.3, 0.4) is 0 Å². The van der Waals surface area contributed by atoms with Crippen molar-refractivity contribution in [3.63, 3.8) is 0 Å². The predicted octanol–water partition coefficient (Wildman–Crippen LogP) is 2.84.